The van der Waals surface area contributed by atoms with Gasteiger partial charge < -0.3 is 5.32 Å². The molecule has 0 saturated heterocycles. The Kier molecular flexibility index (Phi) is 3.95. The van der Waals surface area contributed by atoms with Gasteiger partial charge in [-0.05, 0) is 32.4 Å². The first kappa shape index (κ1) is 15.6. The summed E-state index contributed by atoms with van der Waals surface area (Å²) in [5.41, 5.74) is 3.84. The van der Waals surface area contributed by atoms with E-state index in [1.54, 1.807) is 6.07 Å². The van der Waals surface area contributed by atoms with E-state index in [0.29, 0.717) is 5.82 Å². The molecule has 122 valence electrons. The first-order chi connectivity index (χ1) is 11.4. The fourth-order valence-electron chi connectivity index (χ4n) is 2.33. The Morgan fingerprint density at radius 3 is 2.62 bits per heavy atom. The largest absolute Gasteiger partial charge is 0.340 e. The third kappa shape index (κ3) is 3.22. The number of anilines is 2. The molecule has 0 bridgehead atoms. The normalized spacial score (nSPS) is 10.6. The zero-order valence-corrected chi connectivity index (χ0v) is 13.5. The molecule has 24 heavy (non-hydrogen) atoms. The Hall–Kier alpha value is -3.29. The molecule has 0 radical (unpaired) electrons. The topological polar surface area (TPSA) is 98.8 Å². The van der Waals surface area contributed by atoms with Crippen molar-refractivity contribution in [3.8, 4) is 5.95 Å². The van der Waals surface area contributed by atoms with Gasteiger partial charge in [0.05, 0.1) is 4.92 Å². The number of benzene rings is 1. The summed E-state index contributed by atoms with van der Waals surface area (Å²) in [7, 11) is 0. The Morgan fingerprint density at radius 1 is 1.17 bits per heavy atom. The Bertz CT molecular complexity index is 919. The third-order valence-electron chi connectivity index (χ3n) is 3.47. The van der Waals surface area contributed by atoms with Crippen LogP contribution in [-0.4, -0.2) is 24.7 Å². The summed E-state index contributed by atoms with van der Waals surface area (Å²) < 4.78 is 1.29. The van der Waals surface area contributed by atoms with Crippen molar-refractivity contribution in [3.63, 3.8) is 0 Å². The molecule has 0 unspecified atom stereocenters. The van der Waals surface area contributed by atoms with E-state index in [1.165, 1.54) is 22.6 Å². The molecule has 0 amide bonds. The van der Waals surface area contributed by atoms with Crippen LogP contribution >= 0.6 is 0 Å². The second-order valence-electron chi connectivity index (χ2n) is 5.54. The summed E-state index contributed by atoms with van der Waals surface area (Å²) in [6, 6.07) is 7.89. The van der Waals surface area contributed by atoms with Crippen LogP contribution in [0.25, 0.3) is 5.95 Å². The van der Waals surface area contributed by atoms with Crippen LogP contribution < -0.4 is 5.32 Å². The Morgan fingerprint density at radius 2 is 1.96 bits per heavy atom. The molecule has 2 heterocycles. The highest BCUT2D eigenvalue weighted by Gasteiger charge is 2.13. The second kappa shape index (κ2) is 6.07. The van der Waals surface area contributed by atoms with Crippen LogP contribution in [0.5, 0.6) is 0 Å². The molecule has 0 aliphatic carbocycles. The minimum absolute atomic E-state index is 0.107. The standard InChI is InChI=1S/C16H16N6O2/c1-10-4-5-14(11(2)6-10)19-15-7-12(3)18-16(20-15)21-9-13(8-17-21)22(23)24/h4-9H,1-3H3,(H,18,19,20). The van der Waals surface area contributed by atoms with Gasteiger partial charge in [0.1, 0.15) is 18.2 Å². The molecule has 1 aromatic carbocycles. The van der Waals surface area contributed by atoms with Crippen LogP contribution in [0.3, 0.4) is 0 Å². The van der Waals surface area contributed by atoms with E-state index in [1.807, 2.05) is 32.9 Å². The van der Waals surface area contributed by atoms with Crippen molar-refractivity contribution in [1.29, 1.82) is 0 Å². The van der Waals surface area contributed by atoms with E-state index in [9.17, 15) is 10.1 Å². The van der Waals surface area contributed by atoms with Gasteiger partial charge in [0.2, 0.25) is 0 Å². The van der Waals surface area contributed by atoms with Crippen molar-refractivity contribution in [2.24, 2.45) is 0 Å². The molecule has 0 aliphatic rings. The molecule has 8 heteroatoms. The lowest BCUT2D eigenvalue weighted by atomic mass is 10.1. The number of nitro groups is 1. The molecule has 8 nitrogen and oxygen atoms in total. The highest BCUT2D eigenvalue weighted by Crippen LogP contribution is 2.21. The van der Waals surface area contributed by atoms with E-state index in [0.717, 1.165) is 16.9 Å². The van der Waals surface area contributed by atoms with Crippen molar-refractivity contribution in [2.45, 2.75) is 20.8 Å². The Labute approximate surface area is 138 Å². The highest BCUT2D eigenvalue weighted by molar-refractivity contribution is 5.61. The van der Waals surface area contributed by atoms with Crippen LogP contribution in [0.2, 0.25) is 0 Å². The summed E-state index contributed by atoms with van der Waals surface area (Å²) >= 11 is 0. The first-order valence-electron chi connectivity index (χ1n) is 7.32. The molecule has 0 spiro atoms. The van der Waals surface area contributed by atoms with E-state index >= 15 is 0 Å². The lowest BCUT2D eigenvalue weighted by Crippen LogP contribution is -2.06. The summed E-state index contributed by atoms with van der Waals surface area (Å²) in [5.74, 6) is 0.873. The number of aryl methyl sites for hydroxylation is 3. The minimum Gasteiger partial charge on any atom is -0.340 e. The number of nitrogens with zero attached hydrogens (tertiary/aromatic N) is 5. The zero-order chi connectivity index (χ0) is 17.3. The predicted octanol–water partition coefficient (Wildman–Crippen LogP) is 3.24. The summed E-state index contributed by atoms with van der Waals surface area (Å²) in [6.07, 6.45) is 2.46. The SMILES string of the molecule is Cc1ccc(Nc2cc(C)nc(-n3cc([N+](=O)[O-])cn3)n2)c(C)c1. The van der Waals surface area contributed by atoms with E-state index in [-0.39, 0.29) is 11.6 Å². The number of hydrogen-bond acceptors (Lipinski definition) is 6. The fraction of sp³-hybridized carbons (Fsp3) is 0.188. The average Bonchev–Trinajstić information content (AvgIpc) is 3.00. The second-order valence-corrected chi connectivity index (χ2v) is 5.54. The highest BCUT2D eigenvalue weighted by atomic mass is 16.6. The van der Waals surface area contributed by atoms with E-state index < -0.39 is 4.92 Å². The number of aromatic nitrogens is 4. The number of rotatable bonds is 4. The van der Waals surface area contributed by atoms with Gasteiger partial charge in [0, 0.05) is 17.4 Å². The van der Waals surface area contributed by atoms with Gasteiger partial charge in [-0.15, -0.1) is 0 Å². The molecular formula is C16H16N6O2. The van der Waals surface area contributed by atoms with Gasteiger partial charge in [-0.1, -0.05) is 17.7 Å². The molecular weight excluding hydrogens is 308 g/mol. The molecule has 0 saturated carbocycles. The molecule has 0 atom stereocenters. The van der Waals surface area contributed by atoms with Crippen LogP contribution in [0.1, 0.15) is 16.8 Å². The van der Waals surface area contributed by atoms with Crippen LogP contribution in [0.15, 0.2) is 36.7 Å². The molecule has 0 fully saturated rings. The average molecular weight is 324 g/mol. The molecule has 2 aromatic heterocycles. The van der Waals surface area contributed by atoms with E-state index in [4.69, 9.17) is 0 Å². The maximum Gasteiger partial charge on any atom is 0.307 e. The molecule has 3 aromatic rings. The third-order valence-corrected chi connectivity index (χ3v) is 3.47. The van der Waals surface area contributed by atoms with Crippen molar-refractivity contribution in [1.82, 2.24) is 19.7 Å². The lowest BCUT2D eigenvalue weighted by molar-refractivity contribution is -0.384. The van der Waals surface area contributed by atoms with Crippen LogP contribution in [-0.2, 0) is 0 Å². The fourth-order valence-corrected chi connectivity index (χ4v) is 2.33. The monoisotopic (exact) mass is 324 g/mol. The number of hydrogen-bond donors (Lipinski definition) is 1. The maximum absolute atomic E-state index is 10.8. The van der Waals surface area contributed by atoms with Crippen LogP contribution in [0, 0.1) is 30.9 Å². The molecule has 1 N–H and O–H groups in total. The van der Waals surface area contributed by atoms with Gasteiger partial charge >= 0.3 is 5.69 Å². The Balaban J connectivity index is 1.95. The van der Waals surface area contributed by atoms with Crippen LogP contribution in [0.4, 0.5) is 17.2 Å². The summed E-state index contributed by atoms with van der Waals surface area (Å²) in [5, 5.41) is 18.0. The van der Waals surface area contributed by atoms with Crippen molar-refractivity contribution >= 4 is 17.2 Å². The van der Waals surface area contributed by atoms with Gasteiger partial charge in [-0.3, -0.25) is 10.1 Å². The predicted molar refractivity (Wildman–Crippen MR) is 89.7 cm³/mol. The van der Waals surface area contributed by atoms with Gasteiger partial charge in [-0.2, -0.15) is 14.8 Å². The van der Waals surface area contributed by atoms with Crippen molar-refractivity contribution in [3.05, 3.63) is 63.6 Å². The van der Waals surface area contributed by atoms with Gasteiger partial charge in [0.15, 0.2) is 0 Å². The van der Waals surface area contributed by atoms with E-state index in [2.05, 4.69) is 26.4 Å². The van der Waals surface area contributed by atoms with Gasteiger partial charge in [0.25, 0.3) is 5.95 Å². The molecule has 0 aliphatic heterocycles. The maximum atomic E-state index is 10.8. The summed E-state index contributed by atoms with van der Waals surface area (Å²) in [4.78, 5) is 19.0. The number of nitrogens with one attached hydrogen (secondary N) is 1. The zero-order valence-electron chi connectivity index (χ0n) is 13.5. The van der Waals surface area contributed by atoms with Crippen molar-refractivity contribution < 1.29 is 4.92 Å². The lowest BCUT2D eigenvalue weighted by Gasteiger charge is -2.11. The smallest absolute Gasteiger partial charge is 0.307 e. The minimum atomic E-state index is -0.506. The summed E-state index contributed by atoms with van der Waals surface area (Å²) in [6.45, 7) is 5.88. The quantitative estimate of drug-likeness (QED) is 0.584. The van der Waals surface area contributed by atoms with Crippen molar-refractivity contribution in [2.75, 3.05) is 5.32 Å². The first-order valence-corrected chi connectivity index (χ1v) is 7.32. The molecule has 3 rings (SSSR count). The van der Waals surface area contributed by atoms with Gasteiger partial charge in [-0.25, -0.2) is 4.98 Å².